The van der Waals surface area contributed by atoms with E-state index in [0.29, 0.717) is 28.6 Å². The highest BCUT2D eigenvalue weighted by Gasteiger charge is 2.19. The predicted molar refractivity (Wildman–Crippen MR) is 74.3 cm³/mol. The minimum atomic E-state index is -0.454. The maximum absolute atomic E-state index is 11.6. The van der Waals surface area contributed by atoms with E-state index in [1.165, 1.54) is 21.3 Å². The van der Waals surface area contributed by atoms with Crippen LogP contribution in [-0.2, 0) is 9.53 Å². The minimum absolute atomic E-state index is 0.335. The molecule has 0 aromatic heterocycles. The second-order valence-corrected chi connectivity index (χ2v) is 4.22. The van der Waals surface area contributed by atoms with Crippen LogP contribution in [-0.4, -0.2) is 33.3 Å². The minimum Gasteiger partial charge on any atom is -0.495 e. The van der Waals surface area contributed by atoms with Crippen LogP contribution in [0.5, 0.6) is 11.5 Å². The van der Waals surface area contributed by atoms with E-state index in [9.17, 15) is 4.79 Å². The number of hydrogen-bond acceptors (Lipinski definition) is 5. The smallest absolute Gasteiger partial charge is 0.328 e. The van der Waals surface area contributed by atoms with Gasteiger partial charge < -0.3 is 19.5 Å². The first kappa shape index (κ1) is 15.4. The van der Waals surface area contributed by atoms with E-state index in [-0.39, 0.29) is 5.97 Å². The van der Waals surface area contributed by atoms with Crippen LogP contribution in [0.3, 0.4) is 0 Å². The standard InChI is InChI=1S/C13H18ClNO4/c1-5-9(13(16)19-4)15-10-7-11(17-2)8(14)6-12(10)18-3/h6-7,9,15H,5H2,1-4H3. The summed E-state index contributed by atoms with van der Waals surface area (Å²) in [5.74, 6) is 0.705. The van der Waals surface area contributed by atoms with Crippen molar-refractivity contribution in [1.82, 2.24) is 0 Å². The lowest BCUT2D eigenvalue weighted by Crippen LogP contribution is -2.30. The van der Waals surface area contributed by atoms with Crippen LogP contribution in [0.2, 0.25) is 5.02 Å². The van der Waals surface area contributed by atoms with E-state index < -0.39 is 6.04 Å². The molecule has 0 bridgehead atoms. The molecule has 5 nitrogen and oxygen atoms in total. The molecule has 0 fully saturated rings. The van der Waals surface area contributed by atoms with Crippen LogP contribution in [0.15, 0.2) is 12.1 Å². The maximum Gasteiger partial charge on any atom is 0.328 e. The molecule has 0 heterocycles. The molecular formula is C13H18ClNO4. The Kier molecular flexibility index (Phi) is 5.76. The molecule has 0 aliphatic rings. The molecule has 0 aliphatic heterocycles. The summed E-state index contributed by atoms with van der Waals surface area (Å²) < 4.78 is 15.1. The topological polar surface area (TPSA) is 56.8 Å². The Morgan fingerprint density at radius 3 is 2.37 bits per heavy atom. The van der Waals surface area contributed by atoms with E-state index >= 15 is 0 Å². The van der Waals surface area contributed by atoms with E-state index in [0.717, 1.165) is 0 Å². The van der Waals surface area contributed by atoms with Gasteiger partial charge in [-0.05, 0) is 6.42 Å². The summed E-state index contributed by atoms with van der Waals surface area (Å²) in [7, 11) is 4.41. The van der Waals surface area contributed by atoms with Crippen LogP contribution in [0.1, 0.15) is 13.3 Å². The highest BCUT2D eigenvalue weighted by molar-refractivity contribution is 6.32. The SMILES string of the molecule is CCC(Nc1cc(OC)c(Cl)cc1OC)C(=O)OC. The molecule has 1 atom stereocenters. The van der Waals surface area contributed by atoms with Gasteiger partial charge in [0, 0.05) is 12.1 Å². The Labute approximate surface area is 117 Å². The summed E-state index contributed by atoms with van der Waals surface area (Å²) in [6.45, 7) is 1.88. The molecule has 1 rings (SSSR count). The number of halogens is 1. The number of ether oxygens (including phenoxy) is 3. The van der Waals surface area contributed by atoms with Crippen molar-refractivity contribution < 1.29 is 19.0 Å². The van der Waals surface area contributed by atoms with Crippen molar-refractivity contribution in [1.29, 1.82) is 0 Å². The number of benzene rings is 1. The third-order valence-corrected chi connectivity index (χ3v) is 2.99. The molecule has 0 spiro atoms. The molecule has 1 unspecified atom stereocenters. The predicted octanol–water partition coefficient (Wildman–Crippen LogP) is 2.72. The van der Waals surface area contributed by atoms with Crippen LogP contribution in [0.25, 0.3) is 0 Å². The Bertz CT molecular complexity index is 451. The number of esters is 1. The molecular weight excluding hydrogens is 270 g/mol. The van der Waals surface area contributed by atoms with Crippen LogP contribution in [0.4, 0.5) is 5.69 Å². The number of rotatable bonds is 6. The summed E-state index contributed by atoms with van der Waals surface area (Å²) in [6.07, 6.45) is 0.584. The van der Waals surface area contributed by atoms with Gasteiger partial charge in [-0.2, -0.15) is 0 Å². The molecule has 1 aromatic carbocycles. The highest BCUT2D eigenvalue weighted by Crippen LogP contribution is 2.36. The van der Waals surface area contributed by atoms with E-state index in [1.54, 1.807) is 12.1 Å². The van der Waals surface area contributed by atoms with E-state index in [2.05, 4.69) is 5.32 Å². The fourth-order valence-electron chi connectivity index (χ4n) is 1.63. The van der Waals surface area contributed by atoms with Gasteiger partial charge in [0.2, 0.25) is 0 Å². The summed E-state index contributed by atoms with van der Waals surface area (Å²) in [5, 5.41) is 3.50. The van der Waals surface area contributed by atoms with Gasteiger partial charge in [-0.15, -0.1) is 0 Å². The monoisotopic (exact) mass is 287 g/mol. The van der Waals surface area contributed by atoms with Gasteiger partial charge in [-0.25, -0.2) is 4.79 Å². The molecule has 0 saturated carbocycles. The molecule has 0 aliphatic carbocycles. The lowest BCUT2D eigenvalue weighted by molar-refractivity contribution is -0.141. The number of nitrogens with one attached hydrogen (secondary N) is 1. The zero-order valence-corrected chi connectivity index (χ0v) is 12.2. The van der Waals surface area contributed by atoms with Crippen molar-refractivity contribution >= 4 is 23.3 Å². The van der Waals surface area contributed by atoms with E-state index in [1.807, 2.05) is 6.92 Å². The van der Waals surface area contributed by atoms with Crippen molar-refractivity contribution in [2.24, 2.45) is 0 Å². The molecule has 19 heavy (non-hydrogen) atoms. The van der Waals surface area contributed by atoms with Crippen LogP contribution < -0.4 is 14.8 Å². The van der Waals surface area contributed by atoms with Gasteiger partial charge in [0.05, 0.1) is 32.0 Å². The first-order chi connectivity index (χ1) is 9.07. The lowest BCUT2D eigenvalue weighted by Gasteiger charge is -2.19. The number of anilines is 1. The molecule has 1 aromatic rings. The molecule has 1 N–H and O–H groups in total. The zero-order chi connectivity index (χ0) is 14.4. The Hall–Kier alpha value is -1.62. The third-order valence-electron chi connectivity index (χ3n) is 2.70. The summed E-state index contributed by atoms with van der Waals surface area (Å²) in [6, 6.07) is 2.87. The largest absolute Gasteiger partial charge is 0.495 e. The summed E-state index contributed by atoms with van der Waals surface area (Å²) in [5.41, 5.74) is 0.626. The number of carbonyl (C=O) groups is 1. The highest BCUT2D eigenvalue weighted by atomic mass is 35.5. The molecule has 6 heteroatoms. The Morgan fingerprint density at radius 2 is 1.89 bits per heavy atom. The first-order valence-corrected chi connectivity index (χ1v) is 6.21. The number of hydrogen-bond donors (Lipinski definition) is 1. The van der Waals surface area contributed by atoms with Crippen molar-refractivity contribution in [2.75, 3.05) is 26.6 Å². The third kappa shape index (κ3) is 3.67. The van der Waals surface area contributed by atoms with Crippen LogP contribution in [0, 0.1) is 0 Å². The second kappa shape index (κ2) is 7.09. The van der Waals surface area contributed by atoms with Gasteiger partial charge in [0.25, 0.3) is 0 Å². The summed E-state index contributed by atoms with van der Waals surface area (Å²) >= 11 is 6.02. The summed E-state index contributed by atoms with van der Waals surface area (Å²) in [4.78, 5) is 11.6. The van der Waals surface area contributed by atoms with Crippen LogP contribution >= 0.6 is 11.6 Å². The molecule has 0 radical (unpaired) electrons. The van der Waals surface area contributed by atoms with E-state index in [4.69, 9.17) is 25.8 Å². The fourth-order valence-corrected chi connectivity index (χ4v) is 1.86. The molecule has 0 saturated heterocycles. The van der Waals surface area contributed by atoms with Gasteiger partial charge in [0.15, 0.2) is 0 Å². The van der Waals surface area contributed by atoms with Crippen molar-refractivity contribution in [3.63, 3.8) is 0 Å². The fraction of sp³-hybridized carbons (Fsp3) is 0.462. The zero-order valence-electron chi connectivity index (χ0n) is 11.5. The second-order valence-electron chi connectivity index (χ2n) is 3.82. The number of methoxy groups -OCH3 is 3. The van der Waals surface area contributed by atoms with Crippen molar-refractivity contribution in [2.45, 2.75) is 19.4 Å². The van der Waals surface area contributed by atoms with Gasteiger partial charge in [-0.1, -0.05) is 18.5 Å². The number of carbonyl (C=O) groups excluding carboxylic acids is 1. The van der Waals surface area contributed by atoms with Gasteiger partial charge >= 0.3 is 5.97 Å². The first-order valence-electron chi connectivity index (χ1n) is 5.83. The molecule has 0 amide bonds. The average molecular weight is 288 g/mol. The Balaban J connectivity index is 3.07. The maximum atomic E-state index is 11.6. The van der Waals surface area contributed by atoms with Gasteiger partial charge in [-0.3, -0.25) is 0 Å². The quantitative estimate of drug-likeness (QED) is 0.815. The van der Waals surface area contributed by atoms with Crippen molar-refractivity contribution in [3.8, 4) is 11.5 Å². The normalized spacial score (nSPS) is 11.6. The Morgan fingerprint density at radius 1 is 1.26 bits per heavy atom. The van der Waals surface area contributed by atoms with Gasteiger partial charge in [0.1, 0.15) is 17.5 Å². The lowest BCUT2D eigenvalue weighted by atomic mass is 10.2. The average Bonchev–Trinajstić information content (AvgIpc) is 2.44. The molecule has 106 valence electrons. The van der Waals surface area contributed by atoms with Crippen molar-refractivity contribution in [3.05, 3.63) is 17.2 Å².